The summed E-state index contributed by atoms with van der Waals surface area (Å²) in [6.45, 7) is 0. The van der Waals surface area contributed by atoms with Gasteiger partial charge in [0.1, 0.15) is 5.75 Å². The van der Waals surface area contributed by atoms with Crippen LogP contribution in [0.4, 0.5) is 5.69 Å². The summed E-state index contributed by atoms with van der Waals surface area (Å²) >= 11 is 0. The van der Waals surface area contributed by atoms with Crippen LogP contribution in [0.25, 0.3) is 0 Å². The number of hydrogen-bond acceptors (Lipinski definition) is 3. The topological polar surface area (TPSA) is 61.3 Å². The van der Waals surface area contributed by atoms with Crippen molar-refractivity contribution in [3.8, 4) is 5.75 Å². The van der Waals surface area contributed by atoms with Gasteiger partial charge in [-0.1, -0.05) is 6.07 Å². The van der Waals surface area contributed by atoms with Crippen molar-refractivity contribution in [1.29, 1.82) is 0 Å². The van der Waals surface area contributed by atoms with Crippen LogP contribution in [0.1, 0.15) is 0 Å². The van der Waals surface area contributed by atoms with E-state index in [1.165, 1.54) is 0 Å². The van der Waals surface area contributed by atoms with E-state index in [0.717, 1.165) is 0 Å². The highest BCUT2D eigenvalue weighted by Crippen LogP contribution is 2.11. The molecule has 1 aromatic carbocycles. The van der Waals surface area contributed by atoms with Crippen LogP contribution in [0.2, 0.25) is 0 Å². The summed E-state index contributed by atoms with van der Waals surface area (Å²) in [6.07, 6.45) is 0. The minimum atomic E-state index is 0. The van der Waals surface area contributed by atoms with Gasteiger partial charge in [-0.05, 0) is 12.1 Å². The summed E-state index contributed by atoms with van der Waals surface area (Å²) in [7, 11) is 0. The smallest absolute Gasteiger partial charge is 0.148 e. The lowest BCUT2D eigenvalue weighted by Gasteiger charge is -1.96. The van der Waals surface area contributed by atoms with Crippen molar-refractivity contribution >= 4 is 30.5 Å². The first-order chi connectivity index (χ1) is 4.33. The minimum absolute atomic E-state index is 0. The second-order valence-corrected chi connectivity index (χ2v) is 1.69. The van der Waals surface area contributed by atoms with Crippen LogP contribution in [0.5, 0.6) is 5.75 Å². The van der Waals surface area contributed by atoms with Gasteiger partial charge in [0.15, 0.2) is 0 Å². The van der Waals surface area contributed by atoms with Crippen molar-refractivity contribution in [1.82, 2.24) is 0 Å². The fourth-order valence-corrected chi connectivity index (χ4v) is 0.588. The number of benzene rings is 1. The van der Waals surface area contributed by atoms with Gasteiger partial charge in [0.2, 0.25) is 0 Å². The molecule has 1 aromatic rings. The quantitative estimate of drug-likeness (QED) is 0.527. The molecule has 0 aliphatic heterocycles. The fraction of sp³-hybridized carbons (Fsp3) is 0. The van der Waals surface area contributed by atoms with Crippen LogP contribution in [-0.4, -0.2) is 0 Å². The van der Waals surface area contributed by atoms with Crippen LogP contribution in [0, 0.1) is 0 Å². The van der Waals surface area contributed by atoms with Crippen molar-refractivity contribution in [3.63, 3.8) is 0 Å². The first kappa shape index (κ1) is 13.0. The number of nitrogen functional groups attached to an aromatic ring is 1. The molecule has 0 aromatic heterocycles. The largest absolute Gasteiger partial charge is 0.411 e. The summed E-state index contributed by atoms with van der Waals surface area (Å²) in [5.74, 6) is 5.44. The first-order valence-electron chi connectivity index (χ1n) is 2.55. The van der Waals surface area contributed by atoms with Crippen molar-refractivity contribution in [3.05, 3.63) is 24.3 Å². The molecule has 11 heavy (non-hydrogen) atoms. The summed E-state index contributed by atoms with van der Waals surface area (Å²) < 4.78 is 0. The van der Waals surface area contributed by atoms with Gasteiger partial charge >= 0.3 is 0 Å². The second kappa shape index (κ2) is 6.09. The summed E-state index contributed by atoms with van der Waals surface area (Å²) in [5.41, 5.74) is 6.05. The molecule has 1 rings (SSSR count). The normalized spacial score (nSPS) is 7.36. The number of nitrogens with two attached hydrogens (primary N) is 2. The standard InChI is InChI=1S/C6H8N2O.2ClH/c7-5-2-1-3-6(4-5)9-8;;/h1-4H,7-8H2;2*1H. The summed E-state index contributed by atoms with van der Waals surface area (Å²) in [5, 5.41) is 0. The predicted molar refractivity (Wildman–Crippen MR) is 50.2 cm³/mol. The highest BCUT2D eigenvalue weighted by molar-refractivity contribution is 5.85. The van der Waals surface area contributed by atoms with Gasteiger partial charge in [0.05, 0.1) is 0 Å². The molecule has 0 unspecified atom stereocenters. The van der Waals surface area contributed by atoms with Gasteiger partial charge in [0.25, 0.3) is 0 Å². The maximum Gasteiger partial charge on any atom is 0.148 e. The fourth-order valence-electron chi connectivity index (χ4n) is 0.588. The Labute approximate surface area is 77.5 Å². The Morgan fingerprint density at radius 2 is 1.82 bits per heavy atom. The van der Waals surface area contributed by atoms with E-state index < -0.39 is 0 Å². The number of anilines is 1. The number of rotatable bonds is 1. The molecule has 0 spiro atoms. The molecule has 0 aliphatic carbocycles. The molecule has 0 saturated heterocycles. The van der Waals surface area contributed by atoms with E-state index in [0.29, 0.717) is 11.4 Å². The van der Waals surface area contributed by atoms with Gasteiger partial charge in [-0.25, -0.2) is 0 Å². The molecule has 0 radical (unpaired) electrons. The molecule has 0 bridgehead atoms. The first-order valence-corrected chi connectivity index (χ1v) is 2.55. The third-order valence-electron chi connectivity index (χ3n) is 0.994. The van der Waals surface area contributed by atoms with Gasteiger partial charge in [-0.2, -0.15) is 5.90 Å². The SMILES string of the molecule is Cl.Cl.NOc1cccc(N)c1. The van der Waals surface area contributed by atoms with E-state index in [1.54, 1.807) is 24.3 Å². The lowest BCUT2D eigenvalue weighted by Crippen LogP contribution is -2.01. The molecule has 0 heterocycles. The number of hydrogen-bond donors (Lipinski definition) is 2. The molecular weight excluding hydrogens is 187 g/mol. The van der Waals surface area contributed by atoms with Crippen LogP contribution < -0.4 is 16.5 Å². The summed E-state index contributed by atoms with van der Waals surface area (Å²) in [6, 6.07) is 6.93. The third kappa shape index (κ3) is 3.93. The predicted octanol–water partition coefficient (Wildman–Crippen LogP) is 1.36. The molecule has 0 atom stereocenters. The molecule has 0 fully saturated rings. The molecule has 4 N–H and O–H groups in total. The van der Waals surface area contributed by atoms with E-state index in [2.05, 4.69) is 4.84 Å². The Kier molecular flexibility index (Phi) is 7.20. The van der Waals surface area contributed by atoms with Gasteiger partial charge in [0, 0.05) is 11.8 Å². The monoisotopic (exact) mass is 196 g/mol. The van der Waals surface area contributed by atoms with E-state index >= 15 is 0 Å². The lowest BCUT2D eigenvalue weighted by atomic mass is 10.3. The third-order valence-corrected chi connectivity index (χ3v) is 0.994. The van der Waals surface area contributed by atoms with Crippen LogP contribution in [0.3, 0.4) is 0 Å². The van der Waals surface area contributed by atoms with Gasteiger partial charge < -0.3 is 10.6 Å². The Hall–Kier alpha value is -0.640. The van der Waals surface area contributed by atoms with E-state index in [-0.39, 0.29) is 24.8 Å². The molecule has 0 saturated carbocycles. The molecule has 0 aliphatic rings. The summed E-state index contributed by atoms with van der Waals surface area (Å²) in [4.78, 5) is 4.42. The van der Waals surface area contributed by atoms with E-state index in [9.17, 15) is 0 Å². The zero-order valence-corrected chi connectivity index (χ0v) is 7.32. The van der Waals surface area contributed by atoms with E-state index in [1.807, 2.05) is 0 Å². The zero-order valence-electron chi connectivity index (χ0n) is 5.69. The Morgan fingerprint density at radius 1 is 1.18 bits per heavy atom. The number of halogens is 2. The van der Waals surface area contributed by atoms with Crippen molar-refractivity contribution < 1.29 is 4.84 Å². The van der Waals surface area contributed by atoms with Gasteiger partial charge in [-0.3, -0.25) is 0 Å². The molecule has 0 amide bonds. The average molecular weight is 197 g/mol. The maximum absolute atomic E-state index is 5.40. The highest BCUT2D eigenvalue weighted by atomic mass is 35.5. The minimum Gasteiger partial charge on any atom is -0.411 e. The van der Waals surface area contributed by atoms with E-state index in [4.69, 9.17) is 11.6 Å². The molecule has 3 nitrogen and oxygen atoms in total. The van der Waals surface area contributed by atoms with Crippen LogP contribution in [0.15, 0.2) is 24.3 Å². The molecule has 64 valence electrons. The van der Waals surface area contributed by atoms with Crippen molar-refractivity contribution in [2.45, 2.75) is 0 Å². The Balaban J connectivity index is 0. The second-order valence-electron chi connectivity index (χ2n) is 1.69. The van der Waals surface area contributed by atoms with Crippen molar-refractivity contribution in [2.75, 3.05) is 5.73 Å². The van der Waals surface area contributed by atoms with Crippen molar-refractivity contribution in [2.24, 2.45) is 5.90 Å². The van der Waals surface area contributed by atoms with Crippen LogP contribution >= 0.6 is 24.8 Å². The average Bonchev–Trinajstić information content (AvgIpc) is 1.88. The van der Waals surface area contributed by atoms with Crippen LogP contribution in [-0.2, 0) is 0 Å². The highest BCUT2D eigenvalue weighted by Gasteiger charge is 1.88. The molecular formula is C6H10Cl2N2O. The maximum atomic E-state index is 5.40. The molecule has 5 heteroatoms. The lowest BCUT2D eigenvalue weighted by molar-refractivity contribution is 0.334. The van der Waals surface area contributed by atoms with Gasteiger partial charge in [-0.15, -0.1) is 24.8 Å². The Morgan fingerprint density at radius 3 is 2.18 bits per heavy atom. The zero-order chi connectivity index (χ0) is 6.69. The Bertz CT molecular complexity index is 208.